The fraction of sp³-hybridized carbons (Fsp3) is 0. The largest absolute Gasteiger partial charge is 0.506 e. The van der Waals surface area contributed by atoms with Crippen LogP contribution < -0.4 is 0 Å². The van der Waals surface area contributed by atoms with Crippen LogP contribution in [0.1, 0.15) is 10.4 Å². The van der Waals surface area contributed by atoms with Crippen molar-refractivity contribution in [3.63, 3.8) is 0 Å². The van der Waals surface area contributed by atoms with Crippen molar-refractivity contribution in [2.24, 2.45) is 5.11 Å². The molecule has 1 amide bonds. The zero-order valence-corrected chi connectivity index (χ0v) is 9.78. The molecule has 0 aliphatic carbocycles. The van der Waals surface area contributed by atoms with Crippen molar-refractivity contribution in [2.75, 3.05) is 0 Å². The van der Waals surface area contributed by atoms with Crippen molar-refractivity contribution in [1.82, 2.24) is 0 Å². The fourth-order valence-corrected chi connectivity index (χ4v) is 2.05. The topological polar surface area (TPSA) is 86.1 Å². The second-order valence-corrected chi connectivity index (χ2v) is 4.05. The minimum Gasteiger partial charge on any atom is -0.506 e. The highest BCUT2D eigenvalue weighted by Crippen LogP contribution is 2.32. The third kappa shape index (κ3) is 2.25. The van der Waals surface area contributed by atoms with E-state index in [0.29, 0.717) is 8.95 Å². The zero-order valence-electron chi connectivity index (χ0n) is 6.61. The minimum absolute atomic E-state index is 0.0518. The molecule has 14 heavy (non-hydrogen) atoms. The SMILES string of the molecule is [N-]=[N+]=NC(=O)c1cc(Br)cc(Br)c1O. The molecule has 0 saturated carbocycles. The van der Waals surface area contributed by atoms with E-state index >= 15 is 0 Å². The number of carbonyl (C=O) groups is 1. The number of aromatic hydroxyl groups is 1. The lowest BCUT2D eigenvalue weighted by Crippen LogP contribution is -1.94. The number of rotatable bonds is 1. The molecule has 0 radical (unpaired) electrons. The number of phenolic OH excluding ortho intramolecular Hbond substituents is 1. The first-order chi connectivity index (χ1) is 6.56. The summed E-state index contributed by atoms with van der Waals surface area (Å²) in [7, 11) is 0. The van der Waals surface area contributed by atoms with E-state index in [4.69, 9.17) is 5.53 Å². The molecule has 1 rings (SSSR count). The highest BCUT2D eigenvalue weighted by atomic mass is 79.9. The molecule has 0 saturated heterocycles. The molecule has 7 heteroatoms. The quantitative estimate of drug-likeness (QED) is 0.488. The van der Waals surface area contributed by atoms with Crippen LogP contribution in [0.4, 0.5) is 0 Å². The van der Waals surface area contributed by atoms with Crippen molar-refractivity contribution in [3.05, 3.63) is 37.1 Å². The number of phenols is 1. The Morgan fingerprint density at radius 3 is 2.71 bits per heavy atom. The van der Waals surface area contributed by atoms with Gasteiger partial charge in [0.25, 0.3) is 5.91 Å². The smallest absolute Gasteiger partial charge is 0.252 e. The Labute approximate surface area is 95.6 Å². The first-order valence-electron chi connectivity index (χ1n) is 3.33. The van der Waals surface area contributed by atoms with Gasteiger partial charge in [0.05, 0.1) is 10.0 Å². The molecule has 0 aromatic heterocycles. The summed E-state index contributed by atoms with van der Waals surface area (Å²) in [6, 6.07) is 2.94. The summed E-state index contributed by atoms with van der Waals surface area (Å²) >= 11 is 6.19. The molecule has 0 heterocycles. The van der Waals surface area contributed by atoms with Gasteiger partial charge in [0.1, 0.15) is 5.75 Å². The van der Waals surface area contributed by atoms with E-state index in [1.807, 2.05) is 0 Å². The predicted molar refractivity (Wildman–Crippen MR) is 57.0 cm³/mol. The van der Waals surface area contributed by atoms with Crippen molar-refractivity contribution in [2.45, 2.75) is 0 Å². The van der Waals surface area contributed by atoms with E-state index < -0.39 is 5.91 Å². The van der Waals surface area contributed by atoms with E-state index in [0.717, 1.165) is 0 Å². The molecule has 0 unspecified atom stereocenters. The lowest BCUT2D eigenvalue weighted by Gasteiger charge is -2.02. The number of hydrogen-bond donors (Lipinski definition) is 1. The molecule has 0 atom stereocenters. The Balaban J connectivity index is 3.33. The number of azide groups is 1. The molecule has 0 bridgehead atoms. The van der Waals surface area contributed by atoms with Crippen LogP contribution in [0.25, 0.3) is 10.4 Å². The van der Waals surface area contributed by atoms with E-state index in [-0.39, 0.29) is 11.3 Å². The number of amides is 1. The average Bonchev–Trinajstić information content (AvgIpc) is 2.11. The van der Waals surface area contributed by atoms with E-state index in [2.05, 4.69) is 41.9 Å². The number of carbonyl (C=O) groups excluding carboxylic acids is 1. The van der Waals surface area contributed by atoms with E-state index in [9.17, 15) is 9.90 Å². The molecule has 1 aromatic carbocycles. The van der Waals surface area contributed by atoms with Crippen LogP contribution in [-0.2, 0) is 0 Å². The molecule has 0 aliphatic rings. The van der Waals surface area contributed by atoms with Crippen LogP contribution in [0.2, 0.25) is 0 Å². The van der Waals surface area contributed by atoms with Crippen LogP contribution in [0.3, 0.4) is 0 Å². The van der Waals surface area contributed by atoms with Gasteiger partial charge in [-0.05, 0) is 38.7 Å². The first-order valence-corrected chi connectivity index (χ1v) is 4.92. The molecule has 0 fully saturated rings. The molecular weight excluding hydrogens is 318 g/mol. The van der Waals surface area contributed by atoms with Gasteiger partial charge in [-0.2, -0.15) is 0 Å². The van der Waals surface area contributed by atoms with Gasteiger partial charge in [-0.3, -0.25) is 4.79 Å². The third-order valence-corrected chi connectivity index (χ3v) is 2.46. The lowest BCUT2D eigenvalue weighted by atomic mass is 10.2. The van der Waals surface area contributed by atoms with Gasteiger partial charge in [-0.1, -0.05) is 15.9 Å². The lowest BCUT2D eigenvalue weighted by molar-refractivity contribution is 0.0997. The Bertz CT molecular complexity index is 441. The first kappa shape index (κ1) is 11.0. The summed E-state index contributed by atoms with van der Waals surface area (Å²) < 4.78 is 0.946. The summed E-state index contributed by atoms with van der Waals surface area (Å²) in [4.78, 5) is 13.5. The van der Waals surface area contributed by atoms with Crippen molar-refractivity contribution in [3.8, 4) is 5.75 Å². The molecule has 1 N–H and O–H groups in total. The summed E-state index contributed by atoms with van der Waals surface area (Å²) in [6.07, 6.45) is 0. The highest BCUT2D eigenvalue weighted by Gasteiger charge is 2.13. The van der Waals surface area contributed by atoms with Crippen LogP contribution in [0.5, 0.6) is 5.75 Å². The standard InChI is InChI=1S/C7H3Br2N3O2/c8-3-1-4(7(14)11-12-10)6(13)5(9)2-3/h1-2,13H. The highest BCUT2D eigenvalue weighted by molar-refractivity contribution is 9.11. The Hall–Kier alpha value is -1.04. The maximum Gasteiger partial charge on any atom is 0.252 e. The number of benzene rings is 1. The molecule has 0 spiro atoms. The van der Waals surface area contributed by atoms with Gasteiger partial charge < -0.3 is 5.11 Å². The minimum atomic E-state index is -0.827. The fourth-order valence-electron chi connectivity index (χ4n) is 0.823. The van der Waals surface area contributed by atoms with Gasteiger partial charge in [-0.15, -0.1) is 0 Å². The maximum absolute atomic E-state index is 11.1. The molecule has 1 aromatic rings. The van der Waals surface area contributed by atoms with Crippen LogP contribution in [-0.4, -0.2) is 11.0 Å². The van der Waals surface area contributed by atoms with Crippen LogP contribution in [0, 0.1) is 0 Å². The Morgan fingerprint density at radius 2 is 2.14 bits per heavy atom. The second-order valence-electron chi connectivity index (χ2n) is 2.28. The summed E-state index contributed by atoms with van der Waals surface area (Å²) in [5.74, 6) is -1.07. The second kappa shape index (κ2) is 4.45. The third-order valence-electron chi connectivity index (χ3n) is 1.39. The summed E-state index contributed by atoms with van der Waals surface area (Å²) in [5, 5.41) is 12.3. The van der Waals surface area contributed by atoms with Gasteiger partial charge >= 0.3 is 0 Å². The van der Waals surface area contributed by atoms with Crippen LogP contribution >= 0.6 is 31.9 Å². The number of hydrogen-bond acceptors (Lipinski definition) is 2. The van der Waals surface area contributed by atoms with Gasteiger partial charge in [0, 0.05) is 9.38 Å². The normalized spacial score (nSPS) is 9.29. The monoisotopic (exact) mass is 319 g/mol. The zero-order chi connectivity index (χ0) is 10.7. The average molecular weight is 321 g/mol. The molecular formula is C7H3Br2N3O2. The van der Waals surface area contributed by atoms with Gasteiger partial charge in [0.2, 0.25) is 0 Å². The van der Waals surface area contributed by atoms with Gasteiger partial charge in [0.15, 0.2) is 0 Å². The Morgan fingerprint density at radius 1 is 1.50 bits per heavy atom. The van der Waals surface area contributed by atoms with Crippen molar-refractivity contribution in [1.29, 1.82) is 0 Å². The maximum atomic E-state index is 11.1. The van der Waals surface area contributed by atoms with Crippen molar-refractivity contribution < 1.29 is 9.90 Å². The van der Waals surface area contributed by atoms with E-state index in [1.165, 1.54) is 6.07 Å². The van der Waals surface area contributed by atoms with E-state index in [1.54, 1.807) is 6.07 Å². The predicted octanol–water partition coefficient (Wildman–Crippen LogP) is 3.37. The number of halogens is 2. The van der Waals surface area contributed by atoms with Crippen molar-refractivity contribution >= 4 is 37.8 Å². The number of nitrogens with zero attached hydrogens (tertiary/aromatic N) is 3. The summed E-state index contributed by atoms with van der Waals surface area (Å²) in [6.45, 7) is 0. The van der Waals surface area contributed by atoms with Crippen LogP contribution in [0.15, 0.2) is 26.2 Å². The van der Waals surface area contributed by atoms with Gasteiger partial charge in [-0.25, -0.2) is 0 Å². The summed E-state index contributed by atoms with van der Waals surface area (Å²) in [5.41, 5.74) is 8.01. The molecule has 0 aliphatic heterocycles. The molecule has 5 nitrogen and oxygen atoms in total. The Kier molecular flexibility index (Phi) is 3.51. The molecule has 72 valence electrons.